The number of hydrogen-bond donors (Lipinski definition) is 2. The maximum atomic E-state index is 14.0. The van der Waals surface area contributed by atoms with Crippen LogP contribution in [0.25, 0.3) is 0 Å². The highest BCUT2D eigenvalue weighted by Crippen LogP contribution is 2.63. The zero-order chi connectivity index (χ0) is 27.7. The first-order chi connectivity index (χ1) is 17.7. The number of unbranched alkanes of at least 4 members (excludes halogenated alkanes) is 2. The van der Waals surface area contributed by atoms with E-state index in [9.17, 15) is 27.7 Å². The maximum Gasteiger partial charge on any atom is 0.510 e. The molecule has 0 aromatic heterocycles. The summed E-state index contributed by atoms with van der Waals surface area (Å²) in [5.74, 6) is -3.36. The highest BCUT2D eigenvalue weighted by molar-refractivity contribution is 7.54. The number of carbonyl (C=O) groups excluding carboxylic acids is 3. The van der Waals surface area contributed by atoms with Gasteiger partial charge in [0.15, 0.2) is 11.6 Å². The molecule has 0 aliphatic carbocycles. The molecule has 0 spiro atoms. The molecule has 0 aliphatic heterocycles. The van der Waals surface area contributed by atoms with Crippen molar-refractivity contribution in [3.8, 4) is 0 Å². The van der Waals surface area contributed by atoms with E-state index in [1.807, 2.05) is 13.8 Å². The van der Waals surface area contributed by atoms with Crippen LogP contribution < -0.4 is 5.48 Å². The second kappa shape index (κ2) is 17.6. The Kier molecular flexibility index (Phi) is 15.3. The van der Waals surface area contributed by atoms with Crippen molar-refractivity contribution in [1.29, 1.82) is 0 Å². The maximum absolute atomic E-state index is 14.0. The van der Waals surface area contributed by atoms with Crippen LogP contribution in [0.3, 0.4) is 0 Å². The van der Waals surface area contributed by atoms with Crippen LogP contribution in [-0.4, -0.2) is 50.2 Å². The number of hydrogen-bond acceptors (Lipinski definition) is 11. The quantitative estimate of drug-likeness (QED) is 0.0639. The Hall–Kier alpha value is -2.80. The summed E-state index contributed by atoms with van der Waals surface area (Å²) >= 11 is 0. The van der Waals surface area contributed by atoms with E-state index in [2.05, 4.69) is 0 Å². The van der Waals surface area contributed by atoms with Crippen molar-refractivity contribution >= 4 is 25.8 Å². The van der Waals surface area contributed by atoms with E-state index in [1.54, 1.807) is 0 Å². The number of carbonyl (C=O) groups is 3. The van der Waals surface area contributed by atoms with Gasteiger partial charge in [-0.05, 0) is 37.0 Å². The molecule has 12 nitrogen and oxygen atoms in total. The molecule has 1 amide bonds. The Morgan fingerprint density at radius 2 is 1.46 bits per heavy atom. The molecule has 37 heavy (non-hydrogen) atoms. The highest BCUT2D eigenvalue weighted by atomic mass is 31.2. The van der Waals surface area contributed by atoms with Gasteiger partial charge in [0.2, 0.25) is 19.5 Å². The van der Waals surface area contributed by atoms with Gasteiger partial charge >= 0.3 is 19.9 Å². The smallest absolute Gasteiger partial charge is 0.434 e. The minimum Gasteiger partial charge on any atom is -0.434 e. The number of nitrogens with one attached hydrogen (secondary N) is 1. The van der Waals surface area contributed by atoms with Gasteiger partial charge < -0.3 is 18.9 Å². The van der Waals surface area contributed by atoms with Gasteiger partial charge in [0.05, 0.1) is 18.9 Å². The van der Waals surface area contributed by atoms with Crippen LogP contribution in [-0.2, 0) is 37.4 Å². The first kappa shape index (κ1) is 32.2. The fraction of sp³-hybridized carbons (Fsp3) is 0.591. The van der Waals surface area contributed by atoms with Gasteiger partial charge in [-0.25, -0.2) is 23.9 Å². The summed E-state index contributed by atoms with van der Waals surface area (Å²) in [4.78, 5) is 35.0. The number of hydroxylamine groups is 1. The van der Waals surface area contributed by atoms with E-state index in [4.69, 9.17) is 33.2 Å². The van der Waals surface area contributed by atoms with E-state index in [1.165, 1.54) is 5.48 Å². The van der Waals surface area contributed by atoms with Gasteiger partial charge in [0.25, 0.3) is 0 Å². The highest BCUT2D eigenvalue weighted by Gasteiger charge is 2.39. The number of halogens is 2. The third-order valence-corrected chi connectivity index (χ3v) is 6.98. The monoisotopic (exact) mass is 555 g/mol. The molecule has 1 aromatic rings. The largest absolute Gasteiger partial charge is 0.510 e. The van der Waals surface area contributed by atoms with Crippen molar-refractivity contribution in [2.75, 3.05) is 26.8 Å². The Balaban J connectivity index is 3.09. The summed E-state index contributed by atoms with van der Waals surface area (Å²) in [5.41, 5.74) is -0.160. The summed E-state index contributed by atoms with van der Waals surface area (Å²) in [6, 6.07) is 2.56. The zero-order valence-corrected chi connectivity index (χ0v) is 21.5. The van der Waals surface area contributed by atoms with Gasteiger partial charge in [0, 0.05) is 6.42 Å². The molecule has 0 bridgehead atoms. The molecule has 0 fully saturated rings. The van der Waals surface area contributed by atoms with Crippen molar-refractivity contribution in [3.05, 3.63) is 35.4 Å². The minimum atomic E-state index is -4.55. The minimum absolute atomic E-state index is 0.0746. The number of rotatable bonds is 17. The Bertz CT molecular complexity index is 887. The molecular weight excluding hydrogens is 523 g/mol. The second-order valence-electron chi connectivity index (χ2n) is 7.49. The summed E-state index contributed by atoms with van der Waals surface area (Å²) in [6.45, 7) is 2.01. The Morgan fingerprint density at radius 1 is 0.919 bits per heavy atom. The lowest BCUT2D eigenvalue weighted by Crippen LogP contribution is -2.20. The normalized spacial score (nSPS) is 11.9. The molecule has 0 heterocycles. The van der Waals surface area contributed by atoms with E-state index in [0.717, 1.165) is 31.0 Å². The Morgan fingerprint density at radius 3 is 1.92 bits per heavy atom. The number of benzene rings is 1. The van der Waals surface area contributed by atoms with Crippen LogP contribution >= 0.6 is 7.60 Å². The molecule has 210 valence electrons. The van der Waals surface area contributed by atoms with E-state index >= 15 is 0 Å². The fourth-order valence-electron chi connectivity index (χ4n) is 2.75. The fourth-order valence-corrected chi connectivity index (χ4v) is 4.55. The third-order valence-electron chi connectivity index (χ3n) is 4.73. The molecule has 1 aromatic carbocycles. The van der Waals surface area contributed by atoms with Gasteiger partial charge in [0.1, 0.15) is 0 Å². The molecule has 0 saturated heterocycles. The van der Waals surface area contributed by atoms with Gasteiger partial charge in [-0.2, -0.15) is 0 Å². The molecule has 0 radical (unpaired) electrons. The second-order valence-corrected chi connectivity index (χ2v) is 9.71. The average molecular weight is 555 g/mol. The van der Waals surface area contributed by atoms with E-state index < -0.39 is 63.1 Å². The van der Waals surface area contributed by atoms with Crippen molar-refractivity contribution in [1.82, 2.24) is 5.48 Å². The van der Waals surface area contributed by atoms with Crippen LogP contribution in [0.1, 0.15) is 63.6 Å². The van der Waals surface area contributed by atoms with Gasteiger partial charge in [-0.3, -0.25) is 23.6 Å². The van der Waals surface area contributed by atoms with Crippen LogP contribution in [0.4, 0.5) is 18.4 Å². The number of amides is 1. The number of ether oxygens (including phenoxy) is 4. The predicted molar refractivity (Wildman–Crippen MR) is 122 cm³/mol. The molecule has 1 rings (SSSR count). The summed E-state index contributed by atoms with van der Waals surface area (Å²) in [6.07, 6.45) is -0.397. The van der Waals surface area contributed by atoms with Crippen molar-refractivity contribution in [2.45, 2.75) is 58.0 Å². The molecule has 1 atom stereocenters. The van der Waals surface area contributed by atoms with Crippen LogP contribution in [0.15, 0.2) is 18.2 Å². The van der Waals surface area contributed by atoms with Crippen molar-refractivity contribution in [2.24, 2.45) is 0 Å². The molecule has 0 saturated carbocycles. The molecule has 1 unspecified atom stereocenters. The molecule has 0 aliphatic rings. The zero-order valence-electron chi connectivity index (χ0n) is 20.6. The van der Waals surface area contributed by atoms with Crippen LogP contribution in [0, 0.1) is 11.6 Å². The lowest BCUT2D eigenvalue weighted by Gasteiger charge is -2.26. The van der Waals surface area contributed by atoms with Gasteiger partial charge in [-0.1, -0.05) is 32.8 Å². The molecule has 15 heteroatoms. The Labute approximate surface area is 213 Å². The lowest BCUT2D eigenvalue weighted by molar-refractivity contribution is -0.129. The van der Waals surface area contributed by atoms with Crippen molar-refractivity contribution in [3.63, 3.8) is 0 Å². The third kappa shape index (κ3) is 12.3. The first-order valence-electron chi connectivity index (χ1n) is 11.5. The molecule has 2 N–H and O–H groups in total. The summed E-state index contributed by atoms with van der Waals surface area (Å²) in [7, 11) is -4.55. The summed E-state index contributed by atoms with van der Waals surface area (Å²) < 4.78 is 70.7. The topological polar surface area (TPSA) is 156 Å². The lowest BCUT2D eigenvalue weighted by atomic mass is 10.1. The van der Waals surface area contributed by atoms with Crippen LogP contribution in [0.5, 0.6) is 0 Å². The molecular formula is C22H32F2NO11P. The van der Waals surface area contributed by atoms with Crippen molar-refractivity contribution < 1.29 is 60.9 Å². The van der Waals surface area contributed by atoms with E-state index in [0.29, 0.717) is 12.8 Å². The predicted octanol–water partition coefficient (Wildman–Crippen LogP) is 5.34. The van der Waals surface area contributed by atoms with E-state index in [-0.39, 0.29) is 25.2 Å². The van der Waals surface area contributed by atoms with Crippen LogP contribution in [0.2, 0.25) is 0 Å². The summed E-state index contributed by atoms with van der Waals surface area (Å²) in [5, 5.41) is 8.80. The van der Waals surface area contributed by atoms with Gasteiger partial charge in [-0.15, -0.1) is 0 Å². The average Bonchev–Trinajstić information content (AvgIpc) is 2.86. The first-order valence-corrected chi connectivity index (χ1v) is 13.1. The SMILES string of the molecule is CCCCOC(=O)OCOP(=O)(OCOC(=O)OCCCC)C(CCC(=O)NO)c1ccc(F)c(F)c1. The standard InChI is InChI=1S/C22H32F2NO11P/c1-3-5-11-31-21(27)33-14-35-37(30,36-15-34-22(28)32-12-6-4-2)19(9-10-20(26)25-29)16-7-8-17(23)18(24)13-16/h7-8,13,19,29H,3-6,9-12,14-15H2,1-2H3,(H,25,26).